The molecule has 0 bridgehead atoms. The van der Waals surface area contributed by atoms with Crippen molar-refractivity contribution in [1.82, 2.24) is 4.90 Å². The van der Waals surface area contributed by atoms with E-state index in [0.717, 1.165) is 5.56 Å². The van der Waals surface area contributed by atoms with Crippen LogP contribution >= 0.6 is 0 Å². The first-order valence-electron chi connectivity index (χ1n) is 8.50. The number of non-ortho nitro benzene ring substituents is 1. The lowest BCUT2D eigenvalue weighted by atomic mass is 10.0. The molecule has 0 saturated carbocycles. The van der Waals surface area contributed by atoms with Gasteiger partial charge in [-0.25, -0.2) is 13.6 Å². The van der Waals surface area contributed by atoms with Crippen molar-refractivity contribution in [3.63, 3.8) is 0 Å². The minimum atomic E-state index is -3.74. The van der Waals surface area contributed by atoms with E-state index in [2.05, 4.69) is 0 Å². The highest BCUT2D eigenvalue weighted by molar-refractivity contribution is 7.89. The van der Waals surface area contributed by atoms with Crippen LogP contribution in [0.25, 0.3) is 0 Å². The minimum absolute atomic E-state index is 0.0126. The number of nitro groups is 1. The lowest BCUT2D eigenvalue weighted by Crippen LogP contribution is -2.23. The van der Waals surface area contributed by atoms with E-state index in [4.69, 9.17) is 14.6 Å². The van der Waals surface area contributed by atoms with Gasteiger partial charge in [0.1, 0.15) is 5.75 Å². The molecule has 1 atom stereocenters. The van der Waals surface area contributed by atoms with Crippen molar-refractivity contribution in [3.8, 4) is 5.75 Å². The number of nitro benzene ring substituents is 1. The topological polar surface area (TPSA) is 125 Å². The zero-order valence-corrected chi connectivity index (χ0v) is 16.3. The summed E-state index contributed by atoms with van der Waals surface area (Å²) >= 11 is 0. The Morgan fingerprint density at radius 3 is 2.57 bits per heavy atom. The van der Waals surface area contributed by atoms with E-state index < -0.39 is 14.9 Å². The van der Waals surface area contributed by atoms with Gasteiger partial charge in [-0.3, -0.25) is 15.0 Å². The van der Waals surface area contributed by atoms with Crippen LogP contribution in [0.15, 0.2) is 41.3 Å². The molecule has 0 fully saturated rings. The van der Waals surface area contributed by atoms with E-state index in [-0.39, 0.29) is 30.0 Å². The molecule has 0 aromatic heterocycles. The standard InChI is InChI=1S/C18H21N3O6S/c1-12(13-3-5-17(6-4-13)28(19,24)25)20(2)9-14-7-16(21(22)23)8-15-10-26-11-27-18(14)15/h3-8,12H,9-11H2,1-2H3,(H2,19,24,25)/t12-/m1/s1. The van der Waals surface area contributed by atoms with Gasteiger partial charge in [0.05, 0.1) is 16.4 Å². The number of fused-ring (bicyclic) bond motifs is 1. The second-order valence-electron chi connectivity index (χ2n) is 6.67. The molecule has 0 saturated heterocycles. The molecule has 0 unspecified atom stereocenters. The van der Waals surface area contributed by atoms with Gasteiger partial charge < -0.3 is 9.47 Å². The van der Waals surface area contributed by atoms with Gasteiger partial charge >= 0.3 is 0 Å². The van der Waals surface area contributed by atoms with Crippen LogP contribution in [0.4, 0.5) is 5.69 Å². The maximum atomic E-state index is 11.4. The van der Waals surface area contributed by atoms with E-state index >= 15 is 0 Å². The number of primary sulfonamides is 1. The summed E-state index contributed by atoms with van der Waals surface area (Å²) in [5.74, 6) is 0.612. The third kappa shape index (κ3) is 4.30. The smallest absolute Gasteiger partial charge is 0.270 e. The van der Waals surface area contributed by atoms with Crippen molar-refractivity contribution in [3.05, 3.63) is 63.2 Å². The van der Waals surface area contributed by atoms with Gasteiger partial charge in [0.25, 0.3) is 5.69 Å². The molecule has 0 amide bonds. The van der Waals surface area contributed by atoms with Crippen LogP contribution in [0, 0.1) is 10.1 Å². The lowest BCUT2D eigenvalue weighted by molar-refractivity contribution is -0.385. The number of nitrogens with zero attached hydrogens (tertiary/aromatic N) is 2. The van der Waals surface area contributed by atoms with E-state index in [9.17, 15) is 18.5 Å². The van der Waals surface area contributed by atoms with Crippen LogP contribution in [-0.2, 0) is 27.9 Å². The Bertz CT molecular complexity index is 991. The Morgan fingerprint density at radius 1 is 1.29 bits per heavy atom. The van der Waals surface area contributed by atoms with Gasteiger partial charge in [-0.15, -0.1) is 0 Å². The van der Waals surface area contributed by atoms with Crippen LogP contribution in [-0.4, -0.2) is 32.1 Å². The molecule has 1 aliphatic heterocycles. The minimum Gasteiger partial charge on any atom is -0.467 e. The first-order valence-corrected chi connectivity index (χ1v) is 10.0. The average Bonchev–Trinajstić information content (AvgIpc) is 2.66. The molecule has 3 rings (SSSR count). The SMILES string of the molecule is C[C@H](c1ccc(S(N)(=O)=O)cc1)N(C)Cc1cc([N+](=O)[O-])cc2c1OCOC2. The van der Waals surface area contributed by atoms with Gasteiger partial charge in [0, 0.05) is 35.8 Å². The molecule has 10 heteroatoms. The monoisotopic (exact) mass is 407 g/mol. The van der Waals surface area contributed by atoms with E-state index in [1.165, 1.54) is 24.3 Å². The summed E-state index contributed by atoms with van der Waals surface area (Å²) in [5, 5.41) is 16.4. The van der Waals surface area contributed by atoms with Crippen molar-refractivity contribution in [2.24, 2.45) is 5.14 Å². The van der Waals surface area contributed by atoms with Crippen LogP contribution in [0.1, 0.15) is 29.7 Å². The van der Waals surface area contributed by atoms with Crippen LogP contribution in [0.5, 0.6) is 5.75 Å². The van der Waals surface area contributed by atoms with E-state index in [1.54, 1.807) is 12.1 Å². The highest BCUT2D eigenvalue weighted by Gasteiger charge is 2.23. The summed E-state index contributed by atoms with van der Waals surface area (Å²) in [6, 6.07) is 9.23. The fraction of sp³-hybridized carbons (Fsp3) is 0.333. The molecule has 0 spiro atoms. The van der Waals surface area contributed by atoms with Crippen LogP contribution in [0.2, 0.25) is 0 Å². The summed E-state index contributed by atoms with van der Waals surface area (Å²) in [4.78, 5) is 12.8. The molecule has 0 aliphatic carbocycles. The summed E-state index contributed by atoms with van der Waals surface area (Å²) < 4.78 is 33.6. The first-order chi connectivity index (χ1) is 13.2. The Balaban J connectivity index is 1.85. The van der Waals surface area contributed by atoms with E-state index in [0.29, 0.717) is 23.4 Å². The second-order valence-corrected chi connectivity index (χ2v) is 8.23. The fourth-order valence-electron chi connectivity index (χ4n) is 3.10. The molecule has 2 aromatic carbocycles. The Labute approximate surface area is 162 Å². The number of hydrogen-bond donors (Lipinski definition) is 1. The quantitative estimate of drug-likeness (QED) is 0.575. The molecular weight excluding hydrogens is 386 g/mol. The number of benzene rings is 2. The molecule has 150 valence electrons. The summed E-state index contributed by atoms with van der Waals surface area (Å²) in [6.45, 7) is 2.73. The molecule has 9 nitrogen and oxygen atoms in total. The molecule has 2 N–H and O–H groups in total. The number of rotatable bonds is 6. The lowest BCUT2D eigenvalue weighted by Gasteiger charge is -2.27. The number of hydrogen-bond acceptors (Lipinski definition) is 7. The Kier molecular flexibility index (Phi) is 5.66. The predicted octanol–water partition coefficient (Wildman–Crippen LogP) is 2.30. The van der Waals surface area contributed by atoms with Gasteiger partial charge in [0.2, 0.25) is 10.0 Å². The maximum Gasteiger partial charge on any atom is 0.270 e. The summed E-state index contributed by atoms with van der Waals surface area (Å²) in [6.07, 6.45) is 0. The highest BCUT2D eigenvalue weighted by atomic mass is 32.2. The molecular formula is C18H21N3O6S. The molecule has 1 heterocycles. The van der Waals surface area contributed by atoms with Crippen molar-refractivity contribution >= 4 is 15.7 Å². The van der Waals surface area contributed by atoms with Crippen molar-refractivity contribution < 1.29 is 22.8 Å². The van der Waals surface area contributed by atoms with Crippen molar-refractivity contribution in [2.45, 2.75) is 31.0 Å². The zero-order chi connectivity index (χ0) is 20.5. The highest BCUT2D eigenvalue weighted by Crippen LogP contribution is 2.34. The fourth-order valence-corrected chi connectivity index (χ4v) is 3.62. The third-order valence-corrected chi connectivity index (χ3v) is 5.68. The predicted molar refractivity (Wildman–Crippen MR) is 101 cm³/mol. The zero-order valence-electron chi connectivity index (χ0n) is 15.5. The number of ether oxygens (including phenoxy) is 2. The number of nitrogens with two attached hydrogens (primary N) is 1. The van der Waals surface area contributed by atoms with Crippen LogP contribution < -0.4 is 9.88 Å². The summed E-state index contributed by atoms with van der Waals surface area (Å²) in [7, 11) is -1.87. The normalized spacial score (nSPS) is 15.0. The Hall–Kier alpha value is -2.53. The first kappa shape index (κ1) is 20.2. The Morgan fingerprint density at radius 2 is 1.96 bits per heavy atom. The van der Waals surface area contributed by atoms with Gasteiger partial charge in [-0.2, -0.15) is 0 Å². The molecule has 28 heavy (non-hydrogen) atoms. The largest absolute Gasteiger partial charge is 0.467 e. The summed E-state index contributed by atoms with van der Waals surface area (Å²) in [5.41, 5.74) is 2.22. The van der Waals surface area contributed by atoms with Gasteiger partial charge in [-0.05, 0) is 31.7 Å². The molecule has 1 aliphatic rings. The van der Waals surface area contributed by atoms with Crippen molar-refractivity contribution in [1.29, 1.82) is 0 Å². The van der Waals surface area contributed by atoms with E-state index in [1.807, 2.05) is 18.9 Å². The second kappa shape index (κ2) is 7.84. The van der Waals surface area contributed by atoms with Crippen LogP contribution in [0.3, 0.4) is 0 Å². The third-order valence-electron chi connectivity index (χ3n) is 4.75. The molecule has 0 radical (unpaired) electrons. The maximum absolute atomic E-state index is 11.4. The van der Waals surface area contributed by atoms with Gasteiger partial charge in [0.15, 0.2) is 6.79 Å². The van der Waals surface area contributed by atoms with Crippen molar-refractivity contribution in [2.75, 3.05) is 13.8 Å². The molecule has 2 aromatic rings. The number of sulfonamides is 1. The van der Waals surface area contributed by atoms with Gasteiger partial charge in [-0.1, -0.05) is 12.1 Å². The average molecular weight is 407 g/mol.